The van der Waals surface area contributed by atoms with Crippen molar-refractivity contribution in [1.82, 2.24) is 5.43 Å². The highest BCUT2D eigenvalue weighted by Gasteiger charge is 2.42. The number of halogens is 6. The number of benzene rings is 4. The van der Waals surface area contributed by atoms with Crippen molar-refractivity contribution in [1.29, 1.82) is 0 Å². The van der Waals surface area contributed by atoms with Gasteiger partial charge in [0.2, 0.25) is 11.9 Å². The smallest absolute Gasteiger partial charge is 0.280 e. The molecule has 1 heterocycles. The van der Waals surface area contributed by atoms with Crippen LogP contribution in [0.5, 0.6) is 17.2 Å². The first-order valence-corrected chi connectivity index (χ1v) is 18.4. The number of aryl methyl sites for hydroxylation is 2. The van der Waals surface area contributed by atoms with E-state index in [9.17, 15) is 9.59 Å². The highest BCUT2D eigenvalue weighted by atomic mass is 35.5. The number of nitrogens with one attached hydrogen (secondary N) is 2. The summed E-state index contributed by atoms with van der Waals surface area (Å²) in [6, 6.07) is 13.9. The lowest BCUT2D eigenvalue weighted by Crippen LogP contribution is -2.36. The molecule has 1 unspecified atom stereocenters. The summed E-state index contributed by atoms with van der Waals surface area (Å²) in [6.07, 6.45) is 8.11. The van der Waals surface area contributed by atoms with Crippen molar-refractivity contribution in [3.8, 4) is 29.8 Å². The first-order valence-electron chi connectivity index (χ1n) is 16.1. The van der Waals surface area contributed by atoms with E-state index in [1.165, 1.54) is 12.1 Å². The van der Waals surface area contributed by atoms with Gasteiger partial charge in [0.05, 0.1) is 54.7 Å². The third-order valence-electron chi connectivity index (χ3n) is 7.64. The minimum atomic E-state index is -1.40. The van der Waals surface area contributed by atoms with Gasteiger partial charge >= 0.3 is 0 Å². The average molecular weight is 851 g/mol. The standard InChI is InChI=1S/C37H30Cl6N6O5/c1-5-52-26-14-11-22(18-27(26)53-6-2)46-47-34-36(48-49(37(34)51)35-32(42)30(40)29(39)31(41)33(35)43)45-24-17-21(10-12-23(24)38)44-28(50)8-7-15-54-25-13-9-19(3)16-20(25)4/h2,9-14,16-18,34H,5,7-8,15H2,1,3-4H3,(H,44,50)(H,45,48). The highest BCUT2D eigenvalue weighted by Crippen LogP contribution is 2.49. The minimum Gasteiger partial charge on any atom is -0.493 e. The number of azo groups is 1. The lowest BCUT2D eigenvalue weighted by molar-refractivity contribution is -0.118. The Kier molecular flexibility index (Phi) is 13.8. The van der Waals surface area contributed by atoms with Crippen LogP contribution >= 0.6 is 69.6 Å². The van der Waals surface area contributed by atoms with Crippen LogP contribution < -0.4 is 30.0 Å². The van der Waals surface area contributed by atoms with Crippen molar-refractivity contribution < 1.29 is 23.8 Å². The molecule has 1 saturated heterocycles. The van der Waals surface area contributed by atoms with Crippen LogP contribution in [0.25, 0.3) is 0 Å². The van der Waals surface area contributed by atoms with E-state index in [-0.39, 0.29) is 71.1 Å². The molecule has 2 amide bonds. The molecule has 11 nitrogen and oxygen atoms in total. The van der Waals surface area contributed by atoms with Crippen LogP contribution in [0.4, 0.5) is 22.7 Å². The van der Waals surface area contributed by atoms with E-state index in [0.29, 0.717) is 31.1 Å². The molecule has 1 aliphatic rings. The van der Waals surface area contributed by atoms with E-state index in [1.807, 2.05) is 32.0 Å². The summed E-state index contributed by atoms with van der Waals surface area (Å²) in [7, 11) is 0. The van der Waals surface area contributed by atoms with Crippen LogP contribution in [0.1, 0.15) is 30.9 Å². The SMILES string of the molecule is C#COc1cc(N=NC2C(=O)N(c3c(Cl)c(Cl)c(Cl)c(Cl)c3Cl)NC2=Nc2cc(NC(=O)CCCOc3ccc(C)cc3C)ccc2Cl)ccc1OCC. The quantitative estimate of drug-likeness (QED) is 0.0453. The fourth-order valence-corrected chi connectivity index (χ4v) is 6.58. The van der Waals surface area contributed by atoms with Gasteiger partial charge in [-0.1, -0.05) is 93.7 Å². The summed E-state index contributed by atoms with van der Waals surface area (Å²) >= 11 is 38.4. The Morgan fingerprint density at radius 3 is 2.30 bits per heavy atom. The lowest BCUT2D eigenvalue weighted by atomic mass is 10.1. The summed E-state index contributed by atoms with van der Waals surface area (Å²) in [4.78, 5) is 31.5. The van der Waals surface area contributed by atoms with Gasteiger partial charge in [0, 0.05) is 18.2 Å². The van der Waals surface area contributed by atoms with E-state index >= 15 is 0 Å². The number of ether oxygens (including phenoxy) is 3. The summed E-state index contributed by atoms with van der Waals surface area (Å²) in [6.45, 7) is 6.50. The fraction of sp³-hybridized carbons (Fsp3) is 0.216. The number of amidine groups is 1. The largest absolute Gasteiger partial charge is 0.493 e. The second-order valence-electron chi connectivity index (χ2n) is 11.5. The molecule has 4 aromatic rings. The van der Waals surface area contributed by atoms with Gasteiger partial charge in [0.25, 0.3) is 5.91 Å². The molecule has 17 heteroatoms. The molecule has 0 aliphatic carbocycles. The molecule has 0 spiro atoms. The second-order valence-corrected chi connectivity index (χ2v) is 13.8. The van der Waals surface area contributed by atoms with Gasteiger partial charge in [0.15, 0.2) is 17.3 Å². The van der Waals surface area contributed by atoms with Crippen LogP contribution in [0.2, 0.25) is 30.1 Å². The van der Waals surface area contributed by atoms with Gasteiger partial charge in [-0.05, 0) is 69.2 Å². The van der Waals surface area contributed by atoms with Crippen molar-refractivity contribution >= 4 is 110 Å². The van der Waals surface area contributed by atoms with E-state index in [2.05, 4.69) is 32.1 Å². The number of amides is 2. The van der Waals surface area contributed by atoms with Crippen LogP contribution in [-0.4, -0.2) is 36.9 Å². The number of terminal acetylenes is 1. The fourth-order valence-electron chi connectivity index (χ4n) is 5.12. The Labute approximate surface area is 341 Å². The molecule has 0 radical (unpaired) electrons. The molecule has 4 aromatic carbocycles. The Morgan fingerprint density at radius 1 is 0.907 bits per heavy atom. The predicted octanol–water partition coefficient (Wildman–Crippen LogP) is 11.1. The number of aliphatic imine (C=N–C) groups is 1. The molecule has 0 saturated carbocycles. The van der Waals surface area contributed by atoms with Crippen LogP contribution in [-0.2, 0) is 9.59 Å². The molecule has 54 heavy (non-hydrogen) atoms. The minimum absolute atomic E-state index is 0.0435. The first-order chi connectivity index (χ1) is 25.8. The normalized spacial score (nSPS) is 14.7. The van der Waals surface area contributed by atoms with Crippen molar-refractivity contribution in [2.24, 2.45) is 15.2 Å². The maximum Gasteiger partial charge on any atom is 0.280 e. The van der Waals surface area contributed by atoms with Gasteiger partial charge in [0.1, 0.15) is 17.5 Å². The third kappa shape index (κ3) is 9.44. The monoisotopic (exact) mass is 848 g/mol. The molecule has 280 valence electrons. The zero-order chi connectivity index (χ0) is 39.1. The molecule has 1 fully saturated rings. The Morgan fingerprint density at radius 2 is 1.61 bits per heavy atom. The molecule has 0 bridgehead atoms. The summed E-state index contributed by atoms with van der Waals surface area (Å²) in [5.41, 5.74) is 5.77. The molecule has 1 atom stereocenters. The number of carbonyl (C=O) groups is 2. The van der Waals surface area contributed by atoms with E-state index in [4.69, 9.17) is 90.2 Å². The van der Waals surface area contributed by atoms with Gasteiger partial charge in [-0.15, -0.1) is 0 Å². The van der Waals surface area contributed by atoms with E-state index in [0.717, 1.165) is 21.9 Å². The Bertz CT molecular complexity index is 2180. The number of rotatable bonds is 13. The molecule has 2 N–H and O–H groups in total. The second kappa shape index (κ2) is 18.3. The van der Waals surface area contributed by atoms with Crippen LogP contribution in [0.3, 0.4) is 0 Å². The molecule has 5 rings (SSSR count). The zero-order valence-electron chi connectivity index (χ0n) is 28.8. The number of carbonyl (C=O) groups excluding carboxylic acids is 2. The highest BCUT2D eigenvalue weighted by molar-refractivity contribution is 6.57. The van der Waals surface area contributed by atoms with Crippen molar-refractivity contribution in [3.05, 3.63) is 95.9 Å². The molecule has 0 aromatic heterocycles. The first kappa shape index (κ1) is 40.8. The Balaban J connectivity index is 1.42. The number of anilines is 2. The van der Waals surface area contributed by atoms with Gasteiger partial charge in [-0.2, -0.15) is 10.2 Å². The predicted molar refractivity (Wildman–Crippen MR) is 215 cm³/mol. The summed E-state index contributed by atoms with van der Waals surface area (Å²) in [5, 5.41) is 11.8. The third-order valence-corrected chi connectivity index (χ3v) is 10.2. The number of hydrogen-bond acceptors (Lipinski definition) is 8. The summed E-state index contributed by atoms with van der Waals surface area (Å²) in [5.74, 6) is 0.354. The Hall–Kier alpha value is -4.41. The molecular weight excluding hydrogens is 821 g/mol. The van der Waals surface area contributed by atoms with Gasteiger partial charge < -0.3 is 19.5 Å². The van der Waals surface area contributed by atoms with Crippen molar-refractivity contribution in [3.63, 3.8) is 0 Å². The van der Waals surface area contributed by atoms with E-state index < -0.39 is 11.9 Å². The zero-order valence-corrected chi connectivity index (χ0v) is 33.3. The average Bonchev–Trinajstić information content (AvgIpc) is 3.44. The molecule has 1 aliphatic heterocycles. The van der Waals surface area contributed by atoms with E-state index in [1.54, 1.807) is 31.2 Å². The van der Waals surface area contributed by atoms with Crippen LogP contribution in [0, 0.1) is 26.4 Å². The molecular formula is C37H30Cl6N6O5. The maximum atomic E-state index is 14.0. The lowest BCUT2D eigenvalue weighted by Gasteiger charge is -2.21. The van der Waals surface area contributed by atoms with Gasteiger partial charge in [-0.3, -0.25) is 15.0 Å². The van der Waals surface area contributed by atoms with Crippen LogP contribution in [0.15, 0.2) is 69.8 Å². The topological polar surface area (TPSA) is 126 Å². The number of nitrogens with zero attached hydrogens (tertiary/aromatic N) is 4. The van der Waals surface area contributed by atoms with Gasteiger partial charge in [-0.25, -0.2) is 10.0 Å². The van der Waals surface area contributed by atoms with Crippen molar-refractivity contribution in [2.75, 3.05) is 23.5 Å². The maximum absolute atomic E-state index is 14.0. The number of hydrogen-bond donors (Lipinski definition) is 2. The summed E-state index contributed by atoms with van der Waals surface area (Å²) < 4.78 is 16.6. The number of hydrazine groups is 1. The van der Waals surface area contributed by atoms with Crippen molar-refractivity contribution in [2.45, 2.75) is 39.7 Å².